The summed E-state index contributed by atoms with van der Waals surface area (Å²) in [6.07, 6.45) is 26.0. The minimum Gasteiger partial charge on any atom is -0.466 e. The van der Waals surface area contributed by atoms with E-state index in [2.05, 4.69) is 23.8 Å². The fraction of sp³-hybridized carbons (Fsp3) is 0.846. The molecule has 0 heterocycles. The van der Waals surface area contributed by atoms with Crippen molar-refractivity contribution in [2.24, 2.45) is 0 Å². The van der Waals surface area contributed by atoms with Gasteiger partial charge in [0.25, 0.3) is 0 Å². The number of carbonyl (C=O) groups is 2. The van der Waals surface area contributed by atoms with Gasteiger partial charge in [0.15, 0.2) is 6.10 Å². The second-order valence-corrected chi connectivity index (χ2v) is 8.40. The minimum atomic E-state index is -0.807. The maximum atomic E-state index is 11.6. The molecule has 0 radical (unpaired) electrons. The monoisotopic (exact) mass is 441 g/mol. The van der Waals surface area contributed by atoms with E-state index in [1.165, 1.54) is 110 Å². The van der Waals surface area contributed by atoms with Crippen molar-refractivity contribution >= 4 is 11.9 Å². The Balaban J connectivity index is 0. The van der Waals surface area contributed by atoms with E-state index < -0.39 is 12.1 Å². The van der Waals surface area contributed by atoms with Gasteiger partial charge in [-0.2, -0.15) is 0 Å². The van der Waals surface area contributed by atoms with E-state index in [1.54, 1.807) is 0 Å². The van der Waals surface area contributed by atoms with Crippen molar-refractivity contribution in [3.63, 3.8) is 0 Å². The van der Waals surface area contributed by atoms with Gasteiger partial charge in [-0.05, 0) is 39.0 Å². The number of esters is 2. The molecule has 0 spiro atoms. The van der Waals surface area contributed by atoms with Crippen LogP contribution in [0.15, 0.2) is 12.2 Å². The molecule has 5 heteroatoms. The van der Waals surface area contributed by atoms with Crippen molar-refractivity contribution in [1.29, 1.82) is 0 Å². The summed E-state index contributed by atoms with van der Waals surface area (Å²) < 4.78 is 9.56. The van der Waals surface area contributed by atoms with Crippen LogP contribution in [0.1, 0.15) is 129 Å². The maximum Gasteiger partial charge on any atom is 0.346 e. The molecule has 0 aliphatic carbocycles. The van der Waals surface area contributed by atoms with Gasteiger partial charge < -0.3 is 15.6 Å². The quantitative estimate of drug-likeness (QED) is 0.111. The Morgan fingerprint density at radius 2 is 1.13 bits per heavy atom. The highest BCUT2D eigenvalue weighted by Crippen LogP contribution is 2.13. The van der Waals surface area contributed by atoms with E-state index in [0.717, 1.165) is 12.8 Å². The average molecular weight is 442 g/mol. The predicted octanol–water partition coefficient (Wildman–Crippen LogP) is 7.85. The molecule has 0 rings (SSSR count). The van der Waals surface area contributed by atoms with E-state index in [1.807, 2.05) is 0 Å². The van der Waals surface area contributed by atoms with Crippen LogP contribution < -0.4 is 6.15 Å². The van der Waals surface area contributed by atoms with Crippen LogP contribution in [0.4, 0.5) is 0 Å². The van der Waals surface area contributed by atoms with Crippen LogP contribution in [-0.4, -0.2) is 25.2 Å². The van der Waals surface area contributed by atoms with E-state index >= 15 is 0 Å². The smallest absolute Gasteiger partial charge is 0.346 e. The number of unbranched alkanes of at least 4 members (excludes halogenated alkanes) is 15. The van der Waals surface area contributed by atoms with Crippen molar-refractivity contribution in [2.75, 3.05) is 7.11 Å². The lowest BCUT2D eigenvalue weighted by Crippen LogP contribution is -2.25. The van der Waals surface area contributed by atoms with Crippen LogP contribution in [0.2, 0.25) is 0 Å². The van der Waals surface area contributed by atoms with Gasteiger partial charge in [-0.15, -0.1) is 0 Å². The van der Waals surface area contributed by atoms with Gasteiger partial charge in [-0.3, -0.25) is 4.79 Å². The van der Waals surface area contributed by atoms with Crippen molar-refractivity contribution < 1.29 is 19.1 Å². The summed E-state index contributed by atoms with van der Waals surface area (Å²) in [6.45, 7) is 3.81. The first-order valence-corrected chi connectivity index (χ1v) is 12.5. The first-order valence-electron chi connectivity index (χ1n) is 12.5. The lowest BCUT2D eigenvalue weighted by molar-refractivity contribution is -0.164. The number of hydrogen-bond acceptors (Lipinski definition) is 5. The molecular weight excluding hydrogens is 390 g/mol. The summed E-state index contributed by atoms with van der Waals surface area (Å²) >= 11 is 0. The molecule has 0 aliphatic rings. The predicted molar refractivity (Wildman–Crippen MR) is 131 cm³/mol. The number of allylic oxidation sites excluding steroid dienone is 2. The third kappa shape index (κ3) is 23.1. The van der Waals surface area contributed by atoms with Gasteiger partial charge in [-0.1, -0.05) is 96.1 Å². The normalized spacial score (nSPS) is 11.8. The van der Waals surface area contributed by atoms with Crippen LogP contribution in [0.3, 0.4) is 0 Å². The van der Waals surface area contributed by atoms with Gasteiger partial charge in [0.05, 0.1) is 7.11 Å². The first-order chi connectivity index (χ1) is 14.6. The summed E-state index contributed by atoms with van der Waals surface area (Å²) in [5, 5.41) is 0. The minimum absolute atomic E-state index is 0. The Hall–Kier alpha value is -1.36. The highest BCUT2D eigenvalue weighted by Gasteiger charge is 2.17. The van der Waals surface area contributed by atoms with Crippen LogP contribution in [0.25, 0.3) is 0 Å². The SMILES string of the molecule is CCCCCCCC/C=C\CCCCCCCCCCCC(=O)OC(C)C(=O)OC.N. The average Bonchev–Trinajstić information content (AvgIpc) is 2.74. The summed E-state index contributed by atoms with van der Waals surface area (Å²) in [5.74, 6) is -0.818. The number of hydrogen-bond donors (Lipinski definition) is 1. The second kappa shape index (κ2) is 24.9. The molecule has 184 valence electrons. The Bertz CT molecular complexity index is 437. The van der Waals surface area contributed by atoms with Gasteiger partial charge in [0.2, 0.25) is 0 Å². The van der Waals surface area contributed by atoms with Gasteiger partial charge in [0, 0.05) is 6.42 Å². The molecule has 0 amide bonds. The number of ether oxygens (including phenoxy) is 2. The molecule has 0 fully saturated rings. The van der Waals surface area contributed by atoms with Crippen molar-refractivity contribution in [2.45, 2.75) is 136 Å². The van der Waals surface area contributed by atoms with Crippen molar-refractivity contribution in [3.05, 3.63) is 12.2 Å². The Morgan fingerprint density at radius 3 is 1.58 bits per heavy atom. The molecule has 0 bridgehead atoms. The molecule has 0 saturated heterocycles. The zero-order valence-electron chi connectivity index (χ0n) is 20.8. The molecule has 0 aliphatic heterocycles. The summed E-state index contributed by atoms with van der Waals surface area (Å²) in [4.78, 5) is 22.8. The van der Waals surface area contributed by atoms with E-state index in [-0.39, 0.29) is 12.1 Å². The molecule has 0 saturated carbocycles. The molecule has 31 heavy (non-hydrogen) atoms. The molecule has 0 aromatic heterocycles. The molecule has 0 aromatic carbocycles. The summed E-state index contributed by atoms with van der Waals surface area (Å²) in [7, 11) is 1.29. The maximum absolute atomic E-state index is 11.6. The topological polar surface area (TPSA) is 87.6 Å². The lowest BCUT2D eigenvalue weighted by Gasteiger charge is -2.10. The standard InChI is InChI=1S/C26H48O4.H3N/c1-4-5-6-7-8-9-10-11-12-13-14-15-16-17-18-19-20-21-22-23-25(27)30-24(2)26(28)29-3;/h11-12,24H,4-10,13-23H2,1-3H3;1H3/b12-11-;. The second-order valence-electron chi connectivity index (χ2n) is 8.40. The van der Waals surface area contributed by atoms with Crippen molar-refractivity contribution in [1.82, 2.24) is 6.15 Å². The van der Waals surface area contributed by atoms with Crippen LogP contribution in [0, 0.1) is 0 Å². The number of rotatable bonds is 21. The van der Waals surface area contributed by atoms with Gasteiger partial charge >= 0.3 is 11.9 Å². The molecule has 1 unspecified atom stereocenters. The number of carbonyl (C=O) groups excluding carboxylic acids is 2. The zero-order valence-corrected chi connectivity index (χ0v) is 20.8. The summed E-state index contributed by atoms with van der Waals surface area (Å²) in [6, 6.07) is 0. The molecule has 0 aromatic rings. The zero-order chi connectivity index (χ0) is 22.3. The Labute approximate surface area is 192 Å². The van der Waals surface area contributed by atoms with E-state index in [4.69, 9.17) is 4.74 Å². The van der Waals surface area contributed by atoms with E-state index in [9.17, 15) is 9.59 Å². The third-order valence-electron chi connectivity index (χ3n) is 5.48. The Morgan fingerprint density at radius 1 is 0.710 bits per heavy atom. The number of methoxy groups -OCH3 is 1. The molecule has 1 atom stereocenters. The third-order valence-corrected chi connectivity index (χ3v) is 5.48. The highest BCUT2D eigenvalue weighted by molar-refractivity contribution is 5.78. The largest absolute Gasteiger partial charge is 0.466 e. The van der Waals surface area contributed by atoms with E-state index in [0.29, 0.717) is 6.42 Å². The lowest BCUT2D eigenvalue weighted by atomic mass is 10.1. The first kappa shape index (κ1) is 31.8. The van der Waals surface area contributed by atoms with Crippen LogP contribution >= 0.6 is 0 Å². The highest BCUT2D eigenvalue weighted by atomic mass is 16.6. The Kier molecular flexibility index (Phi) is 25.6. The van der Waals surface area contributed by atoms with Gasteiger partial charge in [0.1, 0.15) is 0 Å². The molecule has 5 nitrogen and oxygen atoms in total. The fourth-order valence-electron chi connectivity index (χ4n) is 3.52. The fourth-order valence-corrected chi connectivity index (χ4v) is 3.52. The molecular formula is C26H51NO4. The molecule has 3 N–H and O–H groups in total. The van der Waals surface area contributed by atoms with Gasteiger partial charge in [-0.25, -0.2) is 4.79 Å². The van der Waals surface area contributed by atoms with Crippen LogP contribution in [0.5, 0.6) is 0 Å². The van der Waals surface area contributed by atoms with Crippen LogP contribution in [-0.2, 0) is 19.1 Å². The van der Waals surface area contributed by atoms with Crippen molar-refractivity contribution in [3.8, 4) is 0 Å². The summed E-state index contributed by atoms with van der Waals surface area (Å²) in [5.41, 5.74) is 0.